The number of rotatable bonds is 5. The molecule has 132 valence electrons. The number of furan rings is 1. The number of hydrogen-bond acceptors (Lipinski definition) is 4. The summed E-state index contributed by atoms with van der Waals surface area (Å²) >= 11 is 9.22. The Morgan fingerprint density at radius 2 is 2.00 bits per heavy atom. The number of aromatic nitrogens is 1. The van der Waals surface area contributed by atoms with Crippen LogP contribution in [-0.2, 0) is 6.54 Å². The second-order valence-corrected chi connectivity index (χ2v) is 6.58. The van der Waals surface area contributed by atoms with E-state index in [9.17, 15) is 9.59 Å². The van der Waals surface area contributed by atoms with Gasteiger partial charge >= 0.3 is 0 Å². The van der Waals surface area contributed by atoms with Gasteiger partial charge in [0.2, 0.25) is 0 Å². The first-order valence-electron chi connectivity index (χ1n) is 7.56. The molecule has 0 spiro atoms. The molecule has 0 atom stereocenters. The molecule has 0 fully saturated rings. The number of nitrogens with one attached hydrogen (secondary N) is 2. The van der Waals surface area contributed by atoms with Crippen LogP contribution in [0.15, 0.2) is 63.8 Å². The fourth-order valence-corrected chi connectivity index (χ4v) is 2.74. The number of nitrogens with zero attached hydrogens (tertiary/aromatic N) is 1. The third-order valence-corrected chi connectivity index (χ3v) is 4.17. The Morgan fingerprint density at radius 1 is 1.15 bits per heavy atom. The molecule has 2 heterocycles. The van der Waals surface area contributed by atoms with Crippen molar-refractivity contribution in [3.05, 3.63) is 81.4 Å². The van der Waals surface area contributed by atoms with E-state index in [2.05, 4.69) is 31.5 Å². The minimum atomic E-state index is -0.344. The summed E-state index contributed by atoms with van der Waals surface area (Å²) in [4.78, 5) is 28.2. The van der Waals surface area contributed by atoms with Gasteiger partial charge in [-0.15, -0.1) is 0 Å². The third-order valence-electron chi connectivity index (χ3n) is 3.43. The van der Waals surface area contributed by atoms with Crippen molar-refractivity contribution >= 4 is 45.0 Å². The smallest absolute Gasteiger partial charge is 0.291 e. The number of anilines is 1. The van der Waals surface area contributed by atoms with Gasteiger partial charge in [0.15, 0.2) is 5.76 Å². The molecule has 2 N–H and O–H groups in total. The lowest BCUT2D eigenvalue weighted by molar-refractivity contribution is 0.0949. The molecule has 0 bridgehead atoms. The van der Waals surface area contributed by atoms with Crippen molar-refractivity contribution in [1.29, 1.82) is 0 Å². The van der Waals surface area contributed by atoms with Crippen LogP contribution in [0.2, 0.25) is 5.15 Å². The predicted octanol–water partition coefficient (Wildman–Crippen LogP) is 4.27. The van der Waals surface area contributed by atoms with Crippen LogP contribution in [0.5, 0.6) is 0 Å². The van der Waals surface area contributed by atoms with Gasteiger partial charge < -0.3 is 15.1 Å². The summed E-state index contributed by atoms with van der Waals surface area (Å²) in [6.45, 7) is 0.270. The van der Waals surface area contributed by atoms with Gasteiger partial charge in [-0.1, -0.05) is 23.7 Å². The van der Waals surface area contributed by atoms with E-state index in [4.69, 9.17) is 16.0 Å². The Balaban J connectivity index is 1.64. The highest BCUT2D eigenvalue weighted by atomic mass is 79.9. The normalized spacial score (nSPS) is 10.4. The highest BCUT2D eigenvalue weighted by Gasteiger charge is 2.12. The SMILES string of the molecule is O=C(Nc1cccc(CNC(=O)c2cc(Br)cnc2Cl)c1)c1ccco1. The van der Waals surface area contributed by atoms with Crippen molar-refractivity contribution < 1.29 is 14.0 Å². The lowest BCUT2D eigenvalue weighted by Gasteiger charge is -2.09. The summed E-state index contributed by atoms with van der Waals surface area (Å²) in [5.41, 5.74) is 1.69. The van der Waals surface area contributed by atoms with Gasteiger partial charge in [-0.3, -0.25) is 9.59 Å². The first kappa shape index (κ1) is 18.2. The number of benzene rings is 1. The summed E-state index contributed by atoms with van der Waals surface area (Å²) in [5, 5.41) is 5.64. The van der Waals surface area contributed by atoms with E-state index < -0.39 is 0 Å². The molecule has 0 aliphatic heterocycles. The van der Waals surface area contributed by atoms with E-state index in [0.717, 1.165) is 5.56 Å². The number of halogens is 2. The average Bonchev–Trinajstić information content (AvgIpc) is 3.17. The molecule has 8 heteroatoms. The van der Waals surface area contributed by atoms with Gasteiger partial charge in [0.25, 0.3) is 11.8 Å². The van der Waals surface area contributed by atoms with Crippen LogP contribution in [0.4, 0.5) is 5.69 Å². The van der Waals surface area contributed by atoms with E-state index in [0.29, 0.717) is 10.2 Å². The van der Waals surface area contributed by atoms with E-state index in [1.165, 1.54) is 12.5 Å². The minimum Gasteiger partial charge on any atom is -0.459 e. The molecule has 2 aromatic heterocycles. The zero-order chi connectivity index (χ0) is 18.5. The summed E-state index contributed by atoms with van der Waals surface area (Å²) in [5.74, 6) is -0.461. The standard InChI is InChI=1S/C18H13BrClN3O3/c19-12-8-14(16(20)21-10-12)17(24)22-9-11-3-1-4-13(7-11)23-18(25)15-5-2-6-26-15/h1-8,10H,9H2,(H,22,24)(H,23,25). The van der Waals surface area contributed by atoms with Gasteiger partial charge in [0.1, 0.15) is 5.15 Å². The Labute approximate surface area is 162 Å². The number of hydrogen-bond donors (Lipinski definition) is 2. The van der Waals surface area contributed by atoms with Crippen LogP contribution >= 0.6 is 27.5 Å². The molecule has 1 aromatic carbocycles. The van der Waals surface area contributed by atoms with Gasteiger partial charge in [-0.2, -0.15) is 0 Å². The summed E-state index contributed by atoms with van der Waals surface area (Å²) < 4.78 is 5.72. The fraction of sp³-hybridized carbons (Fsp3) is 0.0556. The Kier molecular flexibility index (Phi) is 5.70. The summed E-state index contributed by atoms with van der Waals surface area (Å²) in [6.07, 6.45) is 2.95. The Morgan fingerprint density at radius 3 is 2.77 bits per heavy atom. The van der Waals surface area contributed by atoms with Crippen LogP contribution < -0.4 is 10.6 Å². The predicted molar refractivity (Wildman–Crippen MR) is 101 cm³/mol. The number of pyridine rings is 1. The zero-order valence-electron chi connectivity index (χ0n) is 13.3. The summed E-state index contributed by atoms with van der Waals surface area (Å²) in [6, 6.07) is 12.0. The highest BCUT2D eigenvalue weighted by Crippen LogP contribution is 2.18. The molecule has 0 saturated carbocycles. The van der Waals surface area contributed by atoms with Crippen molar-refractivity contribution in [2.75, 3.05) is 5.32 Å². The average molecular weight is 435 g/mol. The maximum Gasteiger partial charge on any atom is 0.291 e. The first-order chi connectivity index (χ1) is 12.5. The highest BCUT2D eigenvalue weighted by molar-refractivity contribution is 9.10. The minimum absolute atomic E-state index is 0.130. The van der Waals surface area contributed by atoms with Gasteiger partial charge in [-0.25, -0.2) is 4.98 Å². The Hall–Kier alpha value is -2.64. The lowest BCUT2D eigenvalue weighted by atomic mass is 10.2. The van der Waals surface area contributed by atoms with E-state index in [-0.39, 0.29) is 34.8 Å². The Bertz CT molecular complexity index is 945. The molecule has 0 unspecified atom stereocenters. The molecule has 26 heavy (non-hydrogen) atoms. The van der Waals surface area contributed by atoms with E-state index in [1.807, 2.05) is 6.07 Å². The maximum absolute atomic E-state index is 12.3. The largest absolute Gasteiger partial charge is 0.459 e. The van der Waals surface area contributed by atoms with Gasteiger partial charge in [0, 0.05) is 22.9 Å². The maximum atomic E-state index is 12.3. The van der Waals surface area contributed by atoms with Crippen LogP contribution in [0.3, 0.4) is 0 Å². The molecular formula is C18H13BrClN3O3. The molecule has 2 amide bonds. The van der Waals surface area contributed by atoms with Crippen molar-refractivity contribution in [2.24, 2.45) is 0 Å². The summed E-state index contributed by atoms with van der Waals surface area (Å²) in [7, 11) is 0. The number of carbonyl (C=O) groups excluding carboxylic acids is 2. The van der Waals surface area contributed by atoms with Crippen molar-refractivity contribution in [1.82, 2.24) is 10.3 Å². The number of carbonyl (C=O) groups is 2. The van der Waals surface area contributed by atoms with Crippen molar-refractivity contribution in [3.8, 4) is 0 Å². The van der Waals surface area contributed by atoms with Crippen molar-refractivity contribution in [2.45, 2.75) is 6.54 Å². The fourth-order valence-electron chi connectivity index (χ4n) is 2.22. The molecule has 0 saturated heterocycles. The lowest BCUT2D eigenvalue weighted by Crippen LogP contribution is -2.23. The molecule has 0 aliphatic carbocycles. The van der Waals surface area contributed by atoms with Crippen molar-refractivity contribution in [3.63, 3.8) is 0 Å². The van der Waals surface area contributed by atoms with Crippen LogP contribution in [0.25, 0.3) is 0 Å². The quantitative estimate of drug-likeness (QED) is 0.587. The molecular weight excluding hydrogens is 422 g/mol. The molecule has 0 aliphatic rings. The first-order valence-corrected chi connectivity index (χ1v) is 8.73. The second kappa shape index (κ2) is 8.16. The second-order valence-electron chi connectivity index (χ2n) is 5.31. The van der Waals surface area contributed by atoms with Crippen LogP contribution in [0, 0.1) is 0 Å². The van der Waals surface area contributed by atoms with E-state index >= 15 is 0 Å². The van der Waals surface area contributed by atoms with Crippen LogP contribution in [0.1, 0.15) is 26.5 Å². The van der Waals surface area contributed by atoms with Gasteiger partial charge in [-0.05, 0) is 51.8 Å². The van der Waals surface area contributed by atoms with Gasteiger partial charge in [0.05, 0.1) is 11.8 Å². The number of amides is 2. The zero-order valence-corrected chi connectivity index (χ0v) is 15.7. The molecule has 3 rings (SSSR count). The topological polar surface area (TPSA) is 84.2 Å². The molecule has 0 radical (unpaired) electrons. The monoisotopic (exact) mass is 433 g/mol. The molecule has 3 aromatic rings. The van der Waals surface area contributed by atoms with Crippen LogP contribution in [-0.4, -0.2) is 16.8 Å². The third kappa shape index (κ3) is 4.50. The molecule has 6 nitrogen and oxygen atoms in total. The van der Waals surface area contributed by atoms with E-state index in [1.54, 1.807) is 36.4 Å².